The molecule has 1 aromatic heterocycles. The van der Waals surface area contributed by atoms with Crippen molar-refractivity contribution in [1.82, 2.24) is 10.5 Å². The summed E-state index contributed by atoms with van der Waals surface area (Å²) in [6, 6.07) is 17.3. The van der Waals surface area contributed by atoms with E-state index in [1.54, 1.807) is 0 Å². The molecule has 0 spiro atoms. The van der Waals surface area contributed by atoms with Gasteiger partial charge in [-0.15, -0.1) is 0 Å². The van der Waals surface area contributed by atoms with Crippen LogP contribution in [0.15, 0.2) is 70.8 Å². The summed E-state index contributed by atoms with van der Waals surface area (Å²) in [4.78, 5) is 35.1. The molecule has 0 saturated carbocycles. The Morgan fingerprint density at radius 3 is 2.36 bits per heavy atom. The molecule has 9 nitrogen and oxygen atoms in total. The van der Waals surface area contributed by atoms with Crippen molar-refractivity contribution in [2.75, 3.05) is 18.5 Å². The van der Waals surface area contributed by atoms with Gasteiger partial charge >= 0.3 is 12.1 Å². The predicted octanol–water partition coefficient (Wildman–Crippen LogP) is 3.80. The quantitative estimate of drug-likeness (QED) is 0.470. The van der Waals surface area contributed by atoms with Crippen molar-refractivity contribution >= 4 is 23.9 Å². The Kier molecular flexibility index (Phi) is 6.21. The Morgan fingerprint density at radius 1 is 1.09 bits per heavy atom. The topological polar surface area (TPSA) is 131 Å². The highest BCUT2D eigenvalue weighted by Gasteiger charge is 2.29. The Balaban J connectivity index is 1.33. The van der Waals surface area contributed by atoms with Crippen molar-refractivity contribution in [2.24, 2.45) is 0 Å². The van der Waals surface area contributed by atoms with Crippen LogP contribution in [0.5, 0.6) is 0 Å². The Bertz CT molecular complexity index is 1200. The smallest absolute Gasteiger partial charge is 0.414 e. The minimum atomic E-state index is -1.07. The number of fused-ring (bicyclic) bond motifs is 3. The van der Waals surface area contributed by atoms with Crippen molar-refractivity contribution in [2.45, 2.75) is 12.8 Å². The first-order valence-electron chi connectivity index (χ1n) is 10.2. The van der Waals surface area contributed by atoms with Crippen LogP contribution < -0.4 is 10.6 Å². The first-order valence-corrected chi connectivity index (χ1v) is 10.2. The van der Waals surface area contributed by atoms with E-state index in [1.165, 1.54) is 19.1 Å². The van der Waals surface area contributed by atoms with Gasteiger partial charge in [-0.1, -0.05) is 59.8 Å². The largest absolute Gasteiger partial charge is 0.478 e. The highest BCUT2D eigenvalue weighted by atomic mass is 16.6. The first kappa shape index (κ1) is 21.8. The Morgan fingerprint density at radius 2 is 1.73 bits per heavy atom. The van der Waals surface area contributed by atoms with Crippen LogP contribution in [0.3, 0.4) is 0 Å². The summed E-state index contributed by atoms with van der Waals surface area (Å²) in [7, 11) is 0. The van der Waals surface area contributed by atoms with Crippen LogP contribution in [-0.4, -0.2) is 41.4 Å². The molecule has 4 rings (SSSR count). The summed E-state index contributed by atoms with van der Waals surface area (Å²) in [6.45, 7) is 1.57. The fourth-order valence-electron chi connectivity index (χ4n) is 3.65. The van der Waals surface area contributed by atoms with Gasteiger partial charge in [-0.2, -0.15) is 0 Å². The van der Waals surface area contributed by atoms with Gasteiger partial charge in [-0.3, -0.25) is 10.1 Å². The number of hydrogen-bond donors (Lipinski definition) is 3. The third-order valence-corrected chi connectivity index (χ3v) is 5.32. The predicted molar refractivity (Wildman–Crippen MR) is 119 cm³/mol. The van der Waals surface area contributed by atoms with Crippen LogP contribution in [0.1, 0.15) is 34.5 Å². The zero-order valence-electron chi connectivity index (χ0n) is 17.7. The number of anilines is 1. The molecule has 9 heteroatoms. The summed E-state index contributed by atoms with van der Waals surface area (Å²) in [5.41, 5.74) is 4.48. The fourth-order valence-corrected chi connectivity index (χ4v) is 3.65. The summed E-state index contributed by atoms with van der Waals surface area (Å²) in [5, 5.41) is 17.3. The lowest BCUT2D eigenvalue weighted by Crippen LogP contribution is -2.24. The number of rotatable bonds is 7. The number of carbonyl (C=O) groups is 3. The third kappa shape index (κ3) is 4.77. The second-order valence-electron chi connectivity index (χ2n) is 7.43. The molecule has 2 amide bonds. The number of benzene rings is 2. The fraction of sp³-hybridized carbons (Fsp3) is 0.167. The average molecular weight is 447 g/mol. The molecule has 1 aliphatic carbocycles. The Hall–Kier alpha value is -4.40. The lowest BCUT2D eigenvalue weighted by Gasteiger charge is -2.13. The highest BCUT2D eigenvalue weighted by molar-refractivity contribution is 5.94. The lowest BCUT2D eigenvalue weighted by atomic mass is 9.98. The maximum Gasteiger partial charge on any atom is 0.414 e. The number of carbonyl (C=O) groups excluding carboxylic acids is 2. The zero-order chi connectivity index (χ0) is 23.4. The van der Waals surface area contributed by atoms with Crippen molar-refractivity contribution in [3.05, 3.63) is 83.1 Å². The standard InChI is InChI=1S/C24H21N3O6/c1-14(23(29)30)10-11-25-22(28)20-12-21(33-27-20)26-24(31)32-13-19-17-8-4-2-6-15(17)16-7-3-5-9-18(16)19/h2-10,12,19H,11,13H2,1H3,(H,25,28)(H,26,31)(H,29,30)/b14-10+. The van der Waals surface area contributed by atoms with Crippen LogP contribution in [-0.2, 0) is 9.53 Å². The number of ether oxygens (including phenoxy) is 1. The van der Waals surface area contributed by atoms with E-state index < -0.39 is 18.0 Å². The molecule has 3 aromatic rings. The second kappa shape index (κ2) is 9.39. The van der Waals surface area contributed by atoms with E-state index in [4.69, 9.17) is 14.4 Å². The van der Waals surface area contributed by atoms with Gasteiger partial charge in [0.05, 0.1) is 0 Å². The minimum absolute atomic E-state index is 0.0129. The molecule has 33 heavy (non-hydrogen) atoms. The Labute approximate surface area is 189 Å². The average Bonchev–Trinajstić information content (AvgIpc) is 3.40. The zero-order valence-corrected chi connectivity index (χ0v) is 17.7. The van der Waals surface area contributed by atoms with E-state index in [0.29, 0.717) is 0 Å². The molecule has 168 valence electrons. The third-order valence-electron chi connectivity index (χ3n) is 5.32. The summed E-state index contributed by atoms with van der Waals surface area (Å²) in [5.74, 6) is -1.77. The van der Waals surface area contributed by atoms with Crippen molar-refractivity contribution in [1.29, 1.82) is 0 Å². The number of carboxylic acid groups (broad SMARTS) is 1. The molecule has 0 atom stereocenters. The van der Waals surface area contributed by atoms with Gasteiger partial charge in [0, 0.05) is 24.1 Å². The number of hydrogen-bond acceptors (Lipinski definition) is 6. The van der Waals surface area contributed by atoms with Crippen molar-refractivity contribution in [3.63, 3.8) is 0 Å². The monoisotopic (exact) mass is 447 g/mol. The van der Waals surface area contributed by atoms with E-state index >= 15 is 0 Å². The number of aromatic nitrogens is 1. The SMILES string of the molecule is C/C(=C\CNC(=O)c1cc(NC(=O)OCC2c3ccccc3-c3ccccc32)on1)C(=O)O. The van der Waals surface area contributed by atoms with Gasteiger partial charge in [-0.25, -0.2) is 9.59 Å². The number of nitrogens with one attached hydrogen (secondary N) is 2. The lowest BCUT2D eigenvalue weighted by molar-refractivity contribution is -0.132. The van der Waals surface area contributed by atoms with Gasteiger partial charge in [0.25, 0.3) is 5.91 Å². The highest BCUT2D eigenvalue weighted by Crippen LogP contribution is 2.44. The first-order chi connectivity index (χ1) is 15.9. The number of nitrogens with zero attached hydrogens (tertiary/aromatic N) is 1. The van der Waals surface area contributed by atoms with Gasteiger partial charge in [0.15, 0.2) is 5.69 Å². The number of amides is 2. The number of aliphatic carboxylic acids is 1. The molecule has 0 radical (unpaired) electrons. The van der Waals surface area contributed by atoms with E-state index in [1.807, 2.05) is 48.5 Å². The number of carboxylic acids is 1. The van der Waals surface area contributed by atoms with Crippen LogP contribution in [0.25, 0.3) is 11.1 Å². The summed E-state index contributed by atoms with van der Waals surface area (Å²) >= 11 is 0. The summed E-state index contributed by atoms with van der Waals surface area (Å²) < 4.78 is 10.4. The molecule has 2 aromatic carbocycles. The van der Waals surface area contributed by atoms with Crippen LogP contribution >= 0.6 is 0 Å². The molecule has 1 heterocycles. The second-order valence-corrected chi connectivity index (χ2v) is 7.43. The molecule has 0 saturated heterocycles. The van der Waals surface area contributed by atoms with Crippen molar-refractivity contribution in [3.8, 4) is 11.1 Å². The van der Waals surface area contributed by atoms with Crippen molar-refractivity contribution < 1.29 is 28.8 Å². The molecule has 3 N–H and O–H groups in total. The van der Waals surface area contributed by atoms with E-state index in [0.717, 1.165) is 22.3 Å². The van der Waals surface area contributed by atoms with Crippen LogP contribution in [0, 0.1) is 0 Å². The minimum Gasteiger partial charge on any atom is -0.478 e. The van der Waals surface area contributed by atoms with Gasteiger partial charge < -0.3 is 19.7 Å². The van der Waals surface area contributed by atoms with E-state index in [2.05, 4.69) is 15.8 Å². The van der Waals surface area contributed by atoms with Crippen LogP contribution in [0.4, 0.5) is 10.7 Å². The molecule has 1 aliphatic rings. The molecular formula is C24H21N3O6. The maximum atomic E-state index is 12.3. The van der Waals surface area contributed by atoms with E-state index in [9.17, 15) is 14.4 Å². The van der Waals surface area contributed by atoms with Gasteiger partial charge in [-0.05, 0) is 29.2 Å². The van der Waals surface area contributed by atoms with Gasteiger partial charge in [0.2, 0.25) is 5.88 Å². The molecular weight excluding hydrogens is 426 g/mol. The molecule has 0 aliphatic heterocycles. The summed E-state index contributed by atoms with van der Waals surface area (Å²) in [6.07, 6.45) is 0.621. The maximum absolute atomic E-state index is 12.3. The van der Waals surface area contributed by atoms with E-state index in [-0.39, 0.29) is 36.2 Å². The normalized spacial score (nSPS) is 12.6. The molecule has 0 unspecified atom stereocenters. The molecule has 0 fully saturated rings. The molecule has 0 bridgehead atoms. The van der Waals surface area contributed by atoms with Crippen LogP contribution in [0.2, 0.25) is 0 Å². The van der Waals surface area contributed by atoms with Gasteiger partial charge in [0.1, 0.15) is 6.61 Å².